The van der Waals surface area contributed by atoms with Crippen molar-refractivity contribution in [1.82, 2.24) is 4.90 Å². The van der Waals surface area contributed by atoms with Gasteiger partial charge in [0.2, 0.25) is 0 Å². The third-order valence-electron chi connectivity index (χ3n) is 4.50. The van der Waals surface area contributed by atoms with Gasteiger partial charge in [-0.15, -0.1) is 0 Å². The van der Waals surface area contributed by atoms with Crippen LogP contribution in [0.15, 0.2) is 72.8 Å². The molecule has 0 fully saturated rings. The Morgan fingerprint density at radius 3 is 2.32 bits per heavy atom. The number of ether oxygens (including phenoxy) is 1. The summed E-state index contributed by atoms with van der Waals surface area (Å²) in [5.74, 6) is 1.73. The van der Waals surface area contributed by atoms with Crippen LogP contribution in [-0.4, -0.2) is 18.7 Å². The number of amides is 1. The van der Waals surface area contributed by atoms with E-state index in [1.165, 1.54) is 0 Å². The second-order valence-electron chi connectivity index (χ2n) is 6.33. The highest BCUT2D eigenvalue weighted by molar-refractivity contribution is 6.37. The first kappa shape index (κ1) is 15.5. The van der Waals surface area contributed by atoms with E-state index in [-0.39, 0.29) is 5.91 Å². The number of nitrogens with zero attached hydrogens (tertiary/aromatic N) is 1. The molecular formula is C21H18BNO2. The number of rotatable bonds is 4. The first-order valence-electron chi connectivity index (χ1n) is 8.40. The lowest BCUT2D eigenvalue weighted by molar-refractivity contribution is 0.0767. The molecule has 1 amide bonds. The molecule has 4 rings (SSSR count). The fraction of sp³-hybridized carbons (Fsp3) is 0.0952. The van der Waals surface area contributed by atoms with Gasteiger partial charge in [0, 0.05) is 18.7 Å². The third kappa shape index (κ3) is 3.16. The molecule has 1 aliphatic heterocycles. The number of benzene rings is 3. The fourth-order valence-electron chi connectivity index (χ4n) is 3.24. The summed E-state index contributed by atoms with van der Waals surface area (Å²) >= 11 is 0. The first-order valence-corrected chi connectivity index (χ1v) is 8.40. The van der Waals surface area contributed by atoms with Crippen molar-refractivity contribution < 1.29 is 9.53 Å². The van der Waals surface area contributed by atoms with Crippen molar-refractivity contribution in [2.24, 2.45) is 0 Å². The maximum Gasteiger partial charge on any atom is 0.254 e. The van der Waals surface area contributed by atoms with Crippen molar-refractivity contribution in [2.75, 3.05) is 0 Å². The quantitative estimate of drug-likeness (QED) is 0.690. The van der Waals surface area contributed by atoms with Crippen LogP contribution in [0.5, 0.6) is 11.5 Å². The molecule has 0 aliphatic carbocycles. The highest BCUT2D eigenvalue weighted by Gasteiger charge is 2.28. The average molecular weight is 327 g/mol. The Hall–Kier alpha value is -3.01. The standard InChI is InChI=1S/C21H18BNO2/c22-19-8-4-5-16-14-23(21(24)20(16)19)13-15-9-11-18(12-10-15)25-17-6-2-1-3-7-17/h1-12H,13-14,22H2. The van der Waals surface area contributed by atoms with E-state index in [2.05, 4.69) is 0 Å². The van der Waals surface area contributed by atoms with E-state index in [1.54, 1.807) is 0 Å². The fourth-order valence-corrected chi connectivity index (χ4v) is 3.24. The number of hydrogen-bond acceptors (Lipinski definition) is 2. The van der Waals surface area contributed by atoms with Gasteiger partial charge in [0.15, 0.2) is 0 Å². The zero-order valence-electron chi connectivity index (χ0n) is 14.1. The Labute approximate surface area is 148 Å². The predicted molar refractivity (Wildman–Crippen MR) is 101 cm³/mol. The molecule has 1 aliphatic rings. The summed E-state index contributed by atoms with van der Waals surface area (Å²) in [4.78, 5) is 14.5. The largest absolute Gasteiger partial charge is 0.457 e. The number of carbonyl (C=O) groups is 1. The van der Waals surface area contributed by atoms with Gasteiger partial charge in [-0.05, 0) is 35.4 Å². The number of carbonyl (C=O) groups excluding carboxylic acids is 1. The Bertz CT molecular complexity index is 907. The Morgan fingerprint density at radius 1 is 0.880 bits per heavy atom. The monoisotopic (exact) mass is 327 g/mol. The molecule has 0 atom stereocenters. The Morgan fingerprint density at radius 2 is 1.60 bits per heavy atom. The minimum absolute atomic E-state index is 0.123. The molecule has 0 N–H and O–H groups in total. The van der Waals surface area contributed by atoms with E-state index < -0.39 is 0 Å². The summed E-state index contributed by atoms with van der Waals surface area (Å²) in [5.41, 5.74) is 4.14. The van der Waals surface area contributed by atoms with Gasteiger partial charge in [0.05, 0.1) is 0 Å². The van der Waals surface area contributed by atoms with Crippen molar-refractivity contribution in [3.63, 3.8) is 0 Å². The lowest BCUT2D eigenvalue weighted by Gasteiger charge is -2.16. The van der Waals surface area contributed by atoms with E-state index in [0.717, 1.165) is 33.7 Å². The third-order valence-corrected chi connectivity index (χ3v) is 4.50. The molecule has 1 heterocycles. The van der Waals surface area contributed by atoms with Gasteiger partial charge >= 0.3 is 0 Å². The molecule has 0 saturated heterocycles. The molecule has 0 bridgehead atoms. The first-order chi connectivity index (χ1) is 12.2. The van der Waals surface area contributed by atoms with Gasteiger partial charge in [-0.2, -0.15) is 0 Å². The molecule has 25 heavy (non-hydrogen) atoms. The highest BCUT2D eigenvalue weighted by atomic mass is 16.5. The SMILES string of the molecule is Bc1cccc2c1C(=O)N(Cc1ccc(Oc3ccccc3)cc1)C2. The van der Waals surface area contributed by atoms with E-state index in [4.69, 9.17) is 4.74 Å². The second-order valence-corrected chi connectivity index (χ2v) is 6.33. The topological polar surface area (TPSA) is 29.5 Å². The summed E-state index contributed by atoms with van der Waals surface area (Å²) in [5, 5.41) is 0. The van der Waals surface area contributed by atoms with Crippen molar-refractivity contribution in [3.8, 4) is 11.5 Å². The molecule has 3 aromatic rings. The summed E-state index contributed by atoms with van der Waals surface area (Å²) in [7, 11) is 2.00. The van der Waals surface area contributed by atoms with Gasteiger partial charge in [-0.25, -0.2) is 0 Å². The summed E-state index contributed by atoms with van der Waals surface area (Å²) < 4.78 is 5.81. The van der Waals surface area contributed by atoms with Crippen molar-refractivity contribution in [3.05, 3.63) is 89.5 Å². The van der Waals surface area contributed by atoms with Gasteiger partial charge < -0.3 is 9.64 Å². The maximum atomic E-state index is 12.6. The van der Waals surface area contributed by atoms with Gasteiger partial charge in [-0.1, -0.05) is 54.0 Å². The molecule has 0 saturated carbocycles. The van der Waals surface area contributed by atoms with E-state index in [9.17, 15) is 4.79 Å². The number of para-hydroxylation sites is 1. The Kier molecular flexibility index (Phi) is 4.02. The highest BCUT2D eigenvalue weighted by Crippen LogP contribution is 2.25. The minimum Gasteiger partial charge on any atom is -0.457 e. The molecule has 3 aromatic carbocycles. The second kappa shape index (κ2) is 6.48. The van der Waals surface area contributed by atoms with Crippen LogP contribution in [-0.2, 0) is 13.1 Å². The van der Waals surface area contributed by atoms with Gasteiger partial charge in [0.25, 0.3) is 5.91 Å². The van der Waals surface area contributed by atoms with Crippen LogP contribution in [0.25, 0.3) is 0 Å². The lowest BCUT2D eigenvalue weighted by atomic mass is 9.89. The van der Waals surface area contributed by atoms with Crippen LogP contribution in [0.4, 0.5) is 0 Å². The van der Waals surface area contributed by atoms with Crippen molar-refractivity contribution in [2.45, 2.75) is 13.1 Å². The van der Waals surface area contributed by atoms with Crippen molar-refractivity contribution in [1.29, 1.82) is 0 Å². The van der Waals surface area contributed by atoms with E-state index in [0.29, 0.717) is 13.1 Å². The minimum atomic E-state index is 0.123. The molecular weight excluding hydrogens is 309 g/mol. The van der Waals surface area contributed by atoms with Crippen LogP contribution in [0.2, 0.25) is 0 Å². The zero-order valence-corrected chi connectivity index (χ0v) is 14.1. The van der Waals surface area contributed by atoms with E-state index in [1.807, 2.05) is 85.5 Å². The van der Waals surface area contributed by atoms with Crippen LogP contribution < -0.4 is 10.2 Å². The van der Waals surface area contributed by atoms with Crippen LogP contribution in [0.3, 0.4) is 0 Å². The lowest BCUT2D eigenvalue weighted by Crippen LogP contribution is -2.26. The maximum absolute atomic E-state index is 12.6. The normalized spacial score (nSPS) is 13.0. The zero-order chi connectivity index (χ0) is 17.2. The molecule has 0 spiro atoms. The summed E-state index contributed by atoms with van der Waals surface area (Å²) in [6.45, 7) is 1.29. The molecule has 0 radical (unpaired) electrons. The van der Waals surface area contributed by atoms with Crippen molar-refractivity contribution >= 4 is 19.2 Å². The van der Waals surface area contributed by atoms with Gasteiger partial charge in [-0.3, -0.25) is 4.79 Å². The number of hydrogen-bond donors (Lipinski definition) is 0. The molecule has 0 aromatic heterocycles. The van der Waals surface area contributed by atoms with Crippen LogP contribution in [0, 0.1) is 0 Å². The predicted octanol–water partition coefficient (Wildman–Crippen LogP) is 2.89. The number of fused-ring (bicyclic) bond motifs is 1. The molecule has 3 nitrogen and oxygen atoms in total. The smallest absolute Gasteiger partial charge is 0.254 e. The van der Waals surface area contributed by atoms with E-state index >= 15 is 0 Å². The Balaban J connectivity index is 1.46. The molecule has 122 valence electrons. The molecule has 4 heteroatoms. The van der Waals surface area contributed by atoms with Crippen LogP contribution in [0.1, 0.15) is 21.5 Å². The average Bonchev–Trinajstić information content (AvgIpc) is 2.95. The van der Waals surface area contributed by atoms with Gasteiger partial charge in [0.1, 0.15) is 19.3 Å². The summed E-state index contributed by atoms with van der Waals surface area (Å²) in [6.07, 6.45) is 0. The molecule has 0 unspecified atom stereocenters. The summed E-state index contributed by atoms with van der Waals surface area (Å²) in [6, 6.07) is 23.7. The van der Waals surface area contributed by atoms with Crippen LogP contribution >= 0.6 is 0 Å².